The minimum Gasteiger partial charge on any atom is -0.389 e. The second-order valence-corrected chi connectivity index (χ2v) is 6.70. The predicted molar refractivity (Wildman–Crippen MR) is 90.3 cm³/mol. The molecule has 0 spiro atoms. The van der Waals surface area contributed by atoms with Crippen LogP contribution in [0.5, 0.6) is 0 Å². The van der Waals surface area contributed by atoms with E-state index in [0.717, 1.165) is 42.8 Å². The van der Waals surface area contributed by atoms with E-state index in [-0.39, 0.29) is 5.56 Å². The number of hydrogen-bond acceptors (Lipinski definition) is 4. The second-order valence-electron chi connectivity index (χ2n) is 6.70. The molecule has 0 fully saturated rings. The fourth-order valence-corrected chi connectivity index (χ4v) is 2.53. The summed E-state index contributed by atoms with van der Waals surface area (Å²) in [5, 5.41) is 14.7. The highest BCUT2D eigenvalue weighted by Gasteiger charge is 2.20. The first kappa shape index (κ1) is 17.4. The Morgan fingerprint density at radius 3 is 2.65 bits per heavy atom. The molecule has 6 nitrogen and oxygen atoms in total. The smallest absolute Gasteiger partial charge is 0.248 e. The quantitative estimate of drug-likeness (QED) is 0.768. The Kier molecular flexibility index (Phi) is 5.36. The molecule has 0 atom stereocenters. The Balaban J connectivity index is 2.40. The summed E-state index contributed by atoms with van der Waals surface area (Å²) in [7, 11) is 0. The van der Waals surface area contributed by atoms with Gasteiger partial charge in [-0.2, -0.15) is 5.10 Å². The summed E-state index contributed by atoms with van der Waals surface area (Å²) >= 11 is 0. The van der Waals surface area contributed by atoms with Crippen molar-refractivity contribution in [2.24, 2.45) is 0 Å². The number of unbranched alkanes of at least 4 members (excludes halogenated alkanes) is 2. The first-order valence-electron chi connectivity index (χ1n) is 8.16. The molecular weight excluding hydrogens is 292 g/mol. The number of aliphatic hydroxyl groups is 1. The molecule has 0 amide bonds. The number of aromatic nitrogens is 4. The van der Waals surface area contributed by atoms with Gasteiger partial charge in [0.1, 0.15) is 0 Å². The van der Waals surface area contributed by atoms with Crippen LogP contribution in [0.25, 0.3) is 11.4 Å². The molecule has 0 saturated heterocycles. The van der Waals surface area contributed by atoms with Gasteiger partial charge in [-0.25, -0.2) is 9.67 Å². The van der Waals surface area contributed by atoms with Crippen LogP contribution in [0.4, 0.5) is 0 Å². The number of nitrogens with zero attached hydrogens (tertiary/aromatic N) is 3. The van der Waals surface area contributed by atoms with Crippen LogP contribution in [0.1, 0.15) is 51.6 Å². The zero-order chi connectivity index (χ0) is 17.0. The fourth-order valence-electron chi connectivity index (χ4n) is 2.53. The third-order valence-electron chi connectivity index (χ3n) is 3.49. The van der Waals surface area contributed by atoms with Crippen LogP contribution < -0.4 is 5.56 Å². The molecule has 2 heterocycles. The molecule has 23 heavy (non-hydrogen) atoms. The summed E-state index contributed by atoms with van der Waals surface area (Å²) in [4.78, 5) is 19.1. The van der Waals surface area contributed by atoms with Crippen molar-refractivity contribution in [3.63, 3.8) is 0 Å². The lowest BCUT2D eigenvalue weighted by Gasteiger charge is -2.18. The highest BCUT2D eigenvalue weighted by atomic mass is 16.3. The largest absolute Gasteiger partial charge is 0.389 e. The van der Waals surface area contributed by atoms with Crippen LogP contribution in [0.2, 0.25) is 0 Å². The normalized spacial score (nSPS) is 11.9. The van der Waals surface area contributed by atoms with E-state index in [1.807, 2.05) is 13.0 Å². The van der Waals surface area contributed by atoms with Crippen LogP contribution in [0.3, 0.4) is 0 Å². The summed E-state index contributed by atoms with van der Waals surface area (Å²) in [5.41, 5.74) is 0.437. The van der Waals surface area contributed by atoms with E-state index in [2.05, 4.69) is 22.0 Å². The third-order valence-corrected chi connectivity index (χ3v) is 3.49. The molecule has 0 bridgehead atoms. The van der Waals surface area contributed by atoms with Crippen molar-refractivity contribution in [1.29, 1.82) is 0 Å². The van der Waals surface area contributed by atoms with E-state index in [1.165, 1.54) is 6.07 Å². The van der Waals surface area contributed by atoms with E-state index >= 15 is 0 Å². The second kappa shape index (κ2) is 7.08. The van der Waals surface area contributed by atoms with Crippen molar-refractivity contribution in [3.05, 3.63) is 34.0 Å². The van der Waals surface area contributed by atoms with Crippen molar-refractivity contribution in [3.8, 4) is 11.4 Å². The zero-order valence-corrected chi connectivity index (χ0v) is 14.4. The molecule has 0 radical (unpaired) electrons. The van der Waals surface area contributed by atoms with Gasteiger partial charge in [-0.3, -0.25) is 4.79 Å². The lowest BCUT2D eigenvalue weighted by Crippen LogP contribution is -2.27. The summed E-state index contributed by atoms with van der Waals surface area (Å²) in [6.45, 7) is 7.79. The van der Waals surface area contributed by atoms with Crippen molar-refractivity contribution < 1.29 is 5.11 Å². The Hall–Kier alpha value is -1.95. The summed E-state index contributed by atoms with van der Waals surface area (Å²) in [6.07, 6.45) is 4.13. The Labute approximate surface area is 136 Å². The minimum absolute atomic E-state index is 0.162. The molecule has 6 heteroatoms. The van der Waals surface area contributed by atoms with Gasteiger partial charge in [-0.05, 0) is 33.3 Å². The third kappa shape index (κ3) is 5.03. The highest BCUT2D eigenvalue weighted by molar-refractivity contribution is 5.55. The molecule has 0 aliphatic rings. The maximum absolute atomic E-state index is 11.7. The number of nitrogens with one attached hydrogen (secondary N) is 1. The Bertz CT molecular complexity index is 710. The fraction of sp³-hybridized carbons (Fsp3) is 0.588. The van der Waals surface area contributed by atoms with E-state index in [4.69, 9.17) is 0 Å². The SMILES string of the molecule is CCCCCc1nc(-c2cc(C)[nH]c(=O)c2)n(CC(C)(C)O)n1. The molecule has 0 aromatic carbocycles. The minimum atomic E-state index is -0.903. The van der Waals surface area contributed by atoms with Crippen LogP contribution in [0.15, 0.2) is 16.9 Å². The Morgan fingerprint density at radius 1 is 1.30 bits per heavy atom. The molecule has 0 aliphatic carbocycles. The average molecular weight is 318 g/mol. The average Bonchev–Trinajstić information content (AvgIpc) is 2.78. The van der Waals surface area contributed by atoms with Gasteiger partial charge in [0.25, 0.3) is 0 Å². The van der Waals surface area contributed by atoms with Gasteiger partial charge in [-0.1, -0.05) is 19.8 Å². The number of pyridine rings is 1. The van der Waals surface area contributed by atoms with Crippen LogP contribution in [-0.2, 0) is 13.0 Å². The maximum atomic E-state index is 11.7. The van der Waals surface area contributed by atoms with Gasteiger partial charge in [0.05, 0.1) is 12.1 Å². The van der Waals surface area contributed by atoms with Crippen LogP contribution in [-0.4, -0.2) is 30.5 Å². The molecule has 2 aromatic heterocycles. The number of rotatable bonds is 7. The monoisotopic (exact) mass is 318 g/mol. The molecular formula is C17H26N4O2. The van der Waals surface area contributed by atoms with Crippen LogP contribution in [0, 0.1) is 6.92 Å². The lowest BCUT2D eigenvalue weighted by molar-refractivity contribution is 0.0581. The number of aryl methyl sites for hydroxylation is 2. The van der Waals surface area contributed by atoms with Gasteiger partial charge < -0.3 is 10.1 Å². The molecule has 0 aliphatic heterocycles. The first-order chi connectivity index (χ1) is 10.8. The van der Waals surface area contributed by atoms with Crippen molar-refractivity contribution >= 4 is 0 Å². The first-order valence-corrected chi connectivity index (χ1v) is 8.16. The van der Waals surface area contributed by atoms with E-state index in [0.29, 0.717) is 12.4 Å². The number of aromatic amines is 1. The maximum Gasteiger partial charge on any atom is 0.248 e. The zero-order valence-electron chi connectivity index (χ0n) is 14.4. The van der Waals surface area contributed by atoms with E-state index in [1.54, 1.807) is 18.5 Å². The summed E-state index contributed by atoms with van der Waals surface area (Å²) in [6, 6.07) is 3.40. The van der Waals surface area contributed by atoms with E-state index in [9.17, 15) is 9.90 Å². The van der Waals surface area contributed by atoms with Crippen LogP contribution >= 0.6 is 0 Å². The van der Waals surface area contributed by atoms with Gasteiger partial charge in [0.15, 0.2) is 11.6 Å². The van der Waals surface area contributed by atoms with Gasteiger partial charge in [0, 0.05) is 23.7 Å². The molecule has 2 N–H and O–H groups in total. The van der Waals surface area contributed by atoms with E-state index < -0.39 is 5.60 Å². The molecule has 0 unspecified atom stereocenters. The van der Waals surface area contributed by atoms with Gasteiger partial charge >= 0.3 is 0 Å². The molecule has 0 saturated carbocycles. The molecule has 2 rings (SSSR count). The highest BCUT2D eigenvalue weighted by Crippen LogP contribution is 2.19. The topological polar surface area (TPSA) is 83.8 Å². The van der Waals surface area contributed by atoms with Crippen molar-refractivity contribution in [2.75, 3.05) is 0 Å². The van der Waals surface area contributed by atoms with Gasteiger partial charge in [0.2, 0.25) is 5.56 Å². The summed E-state index contributed by atoms with van der Waals surface area (Å²) < 4.78 is 1.70. The lowest BCUT2D eigenvalue weighted by atomic mass is 10.1. The van der Waals surface area contributed by atoms with Crippen molar-refractivity contribution in [2.45, 2.75) is 65.5 Å². The van der Waals surface area contributed by atoms with Crippen molar-refractivity contribution in [1.82, 2.24) is 19.7 Å². The molecule has 2 aromatic rings. The van der Waals surface area contributed by atoms with Gasteiger partial charge in [-0.15, -0.1) is 0 Å². The number of H-pyrrole nitrogens is 1. The standard InChI is InChI=1S/C17H26N4O2/c1-5-6-7-8-14-19-16(21(20-14)11-17(3,4)23)13-9-12(2)18-15(22)10-13/h9-10,23H,5-8,11H2,1-4H3,(H,18,22). The number of hydrogen-bond donors (Lipinski definition) is 2. The summed E-state index contributed by atoms with van der Waals surface area (Å²) in [5.74, 6) is 1.39. The predicted octanol–water partition coefficient (Wildman–Crippen LogP) is 2.45. The Morgan fingerprint density at radius 2 is 2.04 bits per heavy atom. The molecule has 126 valence electrons.